The number of carbonyl (C=O) groups is 2. The third-order valence-electron chi connectivity index (χ3n) is 4.98. The maximum Gasteiger partial charge on any atom is 0.241 e. The Morgan fingerprint density at radius 3 is 2.08 bits per heavy atom. The number of amides is 2. The molecule has 2 amide bonds. The van der Waals surface area contributed by atoms with Crippen LogP contribution in [-0.2, 0) is 15.0 Å². The fourth-order valence-electron chi connectivity index (χ4n) is 3.48. The topological polar surface area (TPSA) is 70.2 Å². The largest absolute Gasteiger partial charge is 0.298 e. The molecule has 1 heterocycles. The summed E-state index contributed by atoms with van der Waals surface area (Å²) in [5, 5.41) is 10.0. The van der Waals surface area contributed by atoms with E-state index in [4.69, 9.17) is 11.6 Å². The first-order valence-electron chi connectivity index (χ1n) is 9.21. The molecule has 0 aliphatic carbocycles. The average Bonchev–Trinajstić information content (AvgIpc) is 2.87. The van der Waals surface area contributed by atoms with Gasteiger partial charge in [0.25, 0.3) is 0 Å². The molecule has 144 valence electrons. The summed E-state index contributed by atoms with van der Waals surface area (Å²) in [6, 6.07) is 7.28. The molecule has 1 aliphatic heterocycles. The number of rotatable bonds is 8. The number of carbonyl (C=O) groups excluding carboxylic acids is 2. The van der Waals surface area contributed by atoms with Crippen LogP contribution in [0.5, 0.6) is 0 Å². The molecule has 6 heteroatoms. The first-order valence-corrected chi connectivity index (χ1v) is 9.59. The summed E-state index contributed by atoms with van der Waals surface area (Å²) in [6.07, 6.45) is 0.0578. The zero-order chi connectivity index (χ0) is 19.5. The van der Waals surface area contributed by atoms with Gasteiger partial charge < -0.3 is 0 Å². The van der Waals surface area contributed by atoms with Gasteiger partial charge in [0.1, 0.15) is 5.41 Å². The van der Waals surface area contributed by atoms with Crippen LogP contribution in [0.1, 0.15) is 46.6 Å². The summed E-state index contributed by atoms with van der Waals surface area (Å²) >= 11 is 6.49. The molecule has 2 rings (SSSR count). The Morgan fingerprint density at radius 2 is 1.65 bits per heavy atom. The van der Waals surface area contributed by atoms with E-state index in [2.05, 4.69) is 43.6 Å². The van der Waals surface area contributed by atoms with Crippen molar-refractivity contribution in [2.24, 2.45) is 11.8 Å². The van der Waals surface area contributed by atoms with Crippen LogP contribution in [0.25, 0.3) is 0 Å². The zero-order valence-corrected chi connectivity index (χ0v) is 17.0. The van der Waals surface area contributed by atoms with Crippen LogP contribution >= 0.6 is 11.6 Å². The lowest BCUT2D eigenvalue weighted by atomic mass is 9.68. The van der Waals surface area contributed by atoms with Gasteiger partial charge in [-0.15, -0.1) is 0 Å². The van der Waals surface area contributed by atoms with E-state index >= 15 is 0 Å². The molecule has 0 aromatic heterocycles. The van der Waals surface area contributed by atoms with Gasteiger partial charge in [-0.1, -0.05) is 57.5 Å². The van der Waals surface area contributed by atoms with Crippen molar-refractivity contribution >= 4 is 23.4 Å². The molecule has 1 aromatic carbocycles. The maximum absolute atomic E-state index is 13.1. The number of nitrogens with one attached hydrogen (secondary N) is 3. The van der Waals surface area contributed by atoms with Crippen molar-refractivity contribution in [3.63, 3.8) is 0 Å². The van der Waals surface area contributed by atoms with Gasteiger partial charge in [-0.05, 0) is 43.5 Å². The van der Waals surface area contributed by atoms with Gasteiger partial charge in [-0.25, -0.2) is 0 Å². The lowest BCUT2D eigenvalue weighted by molar-refractivity contribution is -0.128. The highest BCUT2D eigenvalue weighted by atomic mass is 35.5. The lowest BCUT2D eigenvalue weighted by Gasteiger charge is -2.47. The molecule has 0 bridgehead atoms. The monoisotopic (exact) mass is 379 g/mol. The summed E-state index contributed by atoms with van der Waals surface area (Å²) in [5.74, 6) is 0.182. The van der Waals surface area contributed by atoms with Crippen LogP contribution in [0, 0.1) is 11.8 Å². The van der Waals surface area contributed by atoms with E-state index in [-0.39, 0.29) is 18.2 Å². The van der Waals surface area contributed by atoms with E-state index in [1.54, 1.807) is 6.07 Å². The maximum atomic E-state index is 13.1. The molecule has 1 aromatic rings. The summed E-state index contributed by atoms with van der Waals surface area (Å²) in [4.78, 5) is 25.4. The minimum Gasteiger partial charge on any atom is -0.298 e. The van der Waals surface area contributed by atoms with Crippen LogP contribution in [-0.4, -0.2) is 30.6 Å². The number of halogens is 1. The van der Waals surface area contributed by atoms with Crippen molar-refractivity contribution < 1.29 is 9.59 Å². The molecule has 0 saturated carbocycles. The number of hydrogen-bond acceptors (Lipinski definition) is 4. The highest BCUT2D eigenvalue weighted by Crippen LogP contribution is 2.44. The third-order valence-corrected chi connectivity index (χ3v) is 5.31. The van der Waals surface area contributed by atoms with Gasteiger partial charge >= 0.3 is 0 Å². The molecule has 26 heavy (non-hydrogen) atoms. The molecule has 1 atom stereocenters. The number of benzene rings is 1. The first-order chi connectivity index (χ1) is 12.1. The lowest BCUT2D eigenvalue weighted by Crippen LogP contribution is -2.70. The van der Waals surface area contributed by atoms with E-state index < -0.39 is 11.1 Å². The summed E-state index contributed by atoms with van der Waals surface area (Å²) in [6.45, 7) is 11.8. The Balaban J connectivity index is 2.60. The second kappa shape index (κ2) is 8.07. The van der Waals surface area contributed by atoms with Crippen molar-refractivity contribution in [3.05, 3.63) is 34.9 Å². The Hall–Kier alpha value is -1.43. The molecule has 5 nitrogen and oxygen atoms in total. The molecule has 3 N–H and O–H groups in total. The van der Waals surface area contributed by atoms with Crippen LogP contribution in [0.4, 0.5) is 0 Å². The van der Waals surface area contributed by atoms with E-state index in [1.807, 2.05) is 25.1 Å². The van der Waals surface area contributed by atoms with Crippen molar-refractivity contribution in [2.45, 2.75) is 52.1 Å². The van der Waals surface area contributed by atoms with E-state index in [0.29, 0.717) is 35.5 Å². The predicted molar refractivity (Wildman–Crippen MR) is 105 cm³/mol. The predicted octanol–water partition coefficient (Wildman–Crippen LogP) is 2.83. The van der Waals surface area contributed by atoms with Crippen molar-refractivity contribution in [1.29, 1.82) is 0 Å². The Bertz CT molecular complexity index is 663. The summed E-state index contributed by atoms with van der Waals surface area (Å²) in [7, 11) is 0. The zero-order valence-electron chi connectivity index (χ0n) is 16.3. The normalized spacial score (nSPS) is 20.9. The summed E-state index contributed by atoms with van der Waals surface area (Å²) < 4.78 is 0. The Morgan fingerprint density at radius 1 is 1.12 bits per heavy atom. The molecule has 0 spiro atoms. The smallest absolute Gasteiger partial charge is 0.241 e. The molecule has 0 radical (unpaired) electrons. The quantitative estimate of drug-likeness (QED) is 0.480. The van der Waals surface area contributed by atoms with Gasteiger partial charge in [0, 0.05) is 11.4 Å². The van der Waals surface area contributed by atoms with Crippen molar-refractivity contribution in [1.82, 2.24) is 16.0 Å². The fourth-order valence-corrected chi connectivity index (χ4v) is 3.77. The van der Waals surface area contributed by atoms with Crippen LogP contribution in [0.2, 0.25) is 5.02 Å². The molecule has 1 saturated heterocycles. The average molecular weight is 380 g/mol. The molecular formula is C20H30ClN3O2. The van der Waals surface area contributed by atoms with Crippen LogP contribution in [0.15, 0.2) is 24.3 Å². The molecule has 1 aliphatic rings. The first kappa shape index (κ1) is 20.9. The van der Waals surface area contributed by atoms with E-state index in [9.17, 15) is 9.59 Å². The Kier molecular flexibility index (Phi) is 6.48. The fraction of sp³-hybridized carbons (Fsp3) is 0.600. The minimum atomic E-state index is -1.12. The summed E-state index contributed by atoms with van der Waals surface area (Å²) in [5.41, 5.74) is -1.28. The van der Waals surface area contributed by atoms with E-state index in [1.165, 1.54) is 0 Å². The molecule has 1 fully saturated rings. The minimum absolute atomic E-state index is 0.0578. The molecule has 1 unspecified atom stereocenters. The highest BCUT2D eigenvalue weighted by Gasteiger charge is 2.60. The Labute approximate surface area is 161 Å². The second-order valence-electron chi connectivity index (χ2n) is 8.11. The van der Waals surface area contributed by atoms with Gasteiger partial charge in [-0.2, -0.15) is 0 Å². The third kappa shape index (κ3) is 3.95. The SMILES string of the molecule is CC(C)CNC(C)(NCC(C)C)C1(c2ccccc2Cl)CC(=O)NC1=O. The van der Waals surface area contributed by atoms with Crippen molar-refractivity contribution in [3.8, 4) is 0 Å². The standard InChI is InChI=1S/C20H30ClN3O2/c1-13(2)11-22-19(5,23-12-14(3)4)20(10-17(25)24-18(20)26)15-8-6-7-9-16(15)21/h6-9,13-14,22-23H,10-12H2,1-5H3,(H,24,25,26). The van der Waals surface area contributed by atoms with Crippen molar-refractivity contribution in [2.75, 3.05) is 13.1 Å². The molecular weight excluding hydrogens is 350 g/mol. The number of imide groups is 1. The second-order valence-corrected chi connectivity index (χ2v) is 8.52. The van der Waals surface area contributed by atoms with E-state index in [0.717, 1.165) is 0 Å². The van der Waals surface area contributed by atoms with Crippen LogP contribution in [0.3, 0.4) is 0 Å². The number of hydrogen-bond donors (Lipinski definition) is 3. The highest BCUT2D eigenvalue weighted by molar-refractivity contribution is 6.32. The van der Waals surface area contributed by atoms with Crippen LogP contribution < -0.4 is 16.0 Å². The van der Waals surface area contributed by atoms with Gasteiger partial charge in [0.2, 0.25) is 11.8 Å². The van der Waals surface area contributed by atoms with Gasteiger partial charge in [0.05, 0.1) is 5.66 Å². The van der Waals surface area contributed by atoms with Gasteiger partial charge in [0.15, 0.2) is 0 Å². The van der Waals surface area contributed by atoms with Gasteiger partial charge in [-0.3, -0.25) is 25.5 Å².